The largest absolute Gasteiger partial charge is 0.370 e. The number of hydrogen-bond donors (Lipinski definition) is 2. The first kappa shape index (κ1) is 22.4. The summed E-state index contributed by atoms with van der Waals surface area (Å²) in [6.45, 7) is 5.05. The van der Waals surface area contributed by atoms with E-state index in [2.05, 4.69) is 38.6 Å². The first-order valence-electron chi connectivity index (χ1n) is 11.6. The van der Waals surface area contributed by atoms with Crippen LogP contribution < -0.4 is 15.5 Å². The predicted octanol–water partition coefficient (Wildman–Crippen LogP) is 4.88. The SMILES string of the molecule is CCNC1CCN(c2ccccc2NC(=O)c2cnc3c(-c4cccc(Cl)c4)cnn3c2)CC1. The van der Waals surface area contributed by atoms with E-state index in [0.29, 0.717) is 22.3 Å². The van der Waals surface area contributed by atoms with Crippen molar-refractivity contribution >= 4 is 34.5 Å². The van der Waals surface area contributed by atoms with E-state index in [-0.39, 0.29) is 5.91 Å². The molecule has 174 valence electrons. The molecule has 1 amide bonds. The van der Waals surface area contributed by atoms with Gasteiger partial charge in [-0.05, 0) is 49.2 Å². The molecule has 0 aliphatic carbocycles. The standard InChI is InChI=1S/C26H27ClN6O/c1-2-28-21-10-12-32(13-11-21)24-9-4-3-8-23(24)31-26(34)19-15-29-25-22(16-30-33(25)17-19)18-6-5-7-20(27)14-18/h3-9,14-17,21,28H,2,10-13H2,1H3,(H,31,34). The molecule has 8 heteroatoms. The molecule has 0 saturated carbocycles. The predicted molar refractivity (Wildman–Crippen MR) is 137 cm³/mol. The smallest absolute Gasteiger partial charge is 0.258 e. The number of hydrogen-bond acceptors (Lipinski definition) is 5. The Balaban J connectivity index is 1.35. The molecule has 2 aromatic heterocycles. The summed E-state index contributed by atoms with van der Waals surface area (Å²) in [6.07, 6.45) is 7.21. The fraction of sp³-hybridized carbons (Fsp3) is 0.269. The van der Waals surface area contributed by atoms with Crippen molar-refractivity contribution in [1.82, 2.24) is 19.9 Å². The van der Waals surface area contributed by atoms with Crippen molar-refractivity contribution in [2.75, 3.05) is 29.9 Å². The summed E-state index contributed by atoms with van der Waals surface area (Å²) >= 11 is 6.14. The number of amides is 1. The van der Waals surface area contributed by atoms with Gasteiger partial charge >= 0.3 is 0 Å². The van der Waals surface area contributed by atoms with E-state index in [4.69, 9.17) is 11.6 Å². The van der Waals surface area contributed by atoms with E-state index in [1.54, 1.807) is 23.1 Å². The van der Waals surface area contributed by atoms with Gasteiger partial charge in [0.15, 0.2) is 5.65 Å². The number of piperidine rings is 1. The maximum atomic E-state index is 13.1. The molecule has 0 bridgehead atoms. The van der Waals surface area contributed by atoms with E-state index in [1.807, 2.05) is 42.5 Å². The van der Waals surface area contributed by atoms with E-state index in [0.717, 1.165) is 55.0 Å². The van der Waals surface area contributed by atoms with Crippen LogP contribution in [0.1, 0.15) is 30.1 Å². The van der Waals surface area contributed by atoms with Gasteiger partial charge in [-0.25, -0.2) is 9.50 Å². The first-order chi connectivity index (χ1) is 16.6. The molecular weight excluding hydrogens is 448 g/mol. The summed E-state index contributed by atoms with van der Waals surface area (Å²) in [7, 11) is 0. The van der Waals surface area contributed by atoms with Crippen molar-refractivity contribution in [2.45, 2.75) is 25.8 Å². The highest BCUT2D eigenvalue weighted by Gasteiger charge is 2.21. The fourth-order valence-electron chi connectivity index (χ4n) is 4.51. The van der Waals surface area contributed by atoms with Gasteiger partial charge in [-0.1, -0.05) is 42.8 Å². The lowest BCUT2D eigenvalue weighted by molar-refractivity contribution is 0.102. The van der Waals surface area contributed by atoms with Gasteiger partial charge in [0.2, 0.25) is 0 Å². The van der Waals surface area contributed by atoms with Gasteiger partial charge < -0.3 is 15.5 Å². The molecule has 1 fully saturated rings. The van der Waals surface area contributed by atoms with E-state index in [1.165, 1.54) is 0 Å². The summed E-state index contributed by atoms with van der Waals surface area (Å²) in [5.74, 6) is -0.218. The quantitative estimate of drug-likeness (QED) is 0.416. The molecule has 5 rings (SSSR count). The minimum atomic E-state index is -0.218. The molecule has 4 aromatic rings. The lowest BCUT2D eigenvalue weighted by atomic mass is 10.0. The highest BCUT2D eigenvalue weighted by atomic mass is 35.5. The average molecular weight is 475 g/mol. The number of nitrogens with one attached hydrogen (secondary N) is 2. The van der Waals surface area contributed by atoms with Crippen molar-refractivity contribution < 1.29 is 4.79 Å². The maximum absolute atomic E-state index is 13.1. The Labute approximate surface area is 203 Å². The Hall–Kier alpha value is -3.42. The van der Waals surface area contributed by atoms with Crippen LogP contribution >= 0.6 is 11.6 Å². The molecule has 34 heavy (non-hydrogen) atoms. The highest BCUT2D eigenvalue weighted by Crippen LogP contribution is 2.29. The Kier molecular flexibility index (Phi) is 6.47. The Morgan fingerprint density at radius 2 is 1.94 bits per heavy atom. The lowest BCUT2D eigenvalue weighted by Crippen LogP contribution is -2.42. The van der Waals surface area contributed by atoms with Crippen molar-refractivity contribution in [1.29, 1.82) is 0 Å². The minimum absolute atomic E-state index is 0.218. The van der Waals surface area contributed by atoms with E-state index >= 15 is 0 Å². The molecule has 7 nitrogen and oxygen atoms in total. The number of carbonyl (C=O) groups is 1. The molecular formula is C26H27ClN6O. The number of carbonyl (C=O) groups excluding carboxylic acids is 1. The molecule has 1 aliphatic rings. The summed E-state index contributed by atoms with van der Waals surface area (Å²) in [5, 5.41) is 11.7. The zero-order valence-electron chi connectivity index (χ0n) is 19.0. The second-order valence-corrected chi connectivity index (χ2v) is 8.91. The van der Waals surface area contributed by atoms with Gasteiger partial charge in [-0.2, -0.15) is 5.10 Å². The summed E-state index contributed by atoms with van der Waals surface area (Å²) in [4.78, 5) is 20.0. The second-order valence-electron chi connectivity index (χ2n) is 8.47. The van der Waals surface area contributed by atoms with Gasteiger partial charge in [0, 0.05) is 42.1 Å². The van der Waals surface area contributed by atoms with Crippen molar-refractivity contribution in [3.05, 3.63) is 77.7 Å². The number of rotatable bonds is 6. The molecule has 0 atom stereocenters. The number of nitrogens with zero attached hydrogens (tertiary/aromatic N) is 4. The van der Waals surface area contributed by atoms with Crippen LogP contribution in [0.25, 0.3) is 16.8 Å². The average Bonchev–Trinajstić information content (AvgIpc) is 3.28. The fourth-order valence-corrected chi connectivity index (χ4v) is 4.70. The molecule has 1 aliphatic heterocycles. The highest BCUT2D eigenvalue weighted by molar-refractivity contribution is 6.30. The van der Waals surface area contributed by atoms with Crippen LogP contribution in [-0.2, 0) is 0 Å². The number of aromatic nitrogens is 3. The summed E-state index contributed by atoms with van der Waals surface area (Å²) in [6, 6.07) is 16.1. The van der Waals surface area contributed by atoms with Crippen LogP contribution in [0.4, 0.5) is 11.4 Å². The summed E-state index contributed by atoms with van der Waals surface area (Å²) < 4.78 is 1.63. The first-order valence-corrected chi connectivity index (χ1v) is 12.0. The Morgan fingerprint density at radius 1 is 1.12 bits per heavy atom. The van der Waals surface area contributed by atoms with Crippen molar-refractivity contribution in [2.24, 2.45) is 0 Å². The third-order valence-electron chi connectivity index (χ3n) is 6.23. The lowest BCUT2D eigenvalue weighted by Gasteiger charge is -2.35. The van der Waals surface area contributed by atoms with Crippen LogP contribution in [0.2, 0.25) is 5.02 Å². The Morgan fingerprint density at radius 3 is 2.74 bits per heavy atom. The minimum Gasteiger partial charge on any atom is -0.370 e. The third-order valence-corrected chi connectivity index (χ3v) is 6.47. The number of fused-ring (bicyclic) bond motifs is 1. The van der Waals surface area contributed by atoms with Gasteiger partial charge in [-0.3, -0.25) is 4.79 Å². The normalized spacial score (nSPS) is 14.5. The maximum Gasteiger partial charge on any atom is 0.258 e. The Bertz CT molecular complexity index is 1310. The van der Waals surface area contributed by atoms with Crippen LogP contribution in [0, 0.1) is 0 Å². The molecule has 0 radical (unpaired) electrons. The number of para-hydroxylation sites is 2. The van der Waals surface area contributed by atoms with Crippen molar-refractivity contribution in [3.8, 4) is 11.1 Å². The number of anilines is 2. The third kappa shape index (κ3) is 4.62. The monoisotopic (exact) mass is 474 g/mol. The van der Waals surface area contributed by atoms with Gasteiger partial charge in [0.1, 0.15) is 0 Å². The number of benzene rings is 2. The topological polar surface area (TPSA) is 74.6 Å². The van der Waals surface area contributed by atoms with Crippen LogP contribution in [0.5, 0.6) is 0 Å². The molecule has 3 heterocycles. The molecule has 1 saturated heterocycles. The van der Waals surface area contributed by atoms with E-state index in [9.17, 15) is 4.79 Å². The number of halogens is 1. The molecule has 0 spiro atoms. The molecule has 0 unspecified atom stereocenters. The van der Waals surface area contributed by atoms with Gasteiger partial charge in [0.25, 0.3) is 5.91 Å². The van der Waals surface area contributed by atoms with Crippen LogP contribution in [-0.4, -0.2) is 46.2 Å². The molecule has 2 N–H and O–H groups in total. The molecule has 2 aromatic carbocycles. The zero-order chi connectivity index (χ0) is 23.5. The van der Waals surface area contributed by atoms with Gasteiger partial charge in [-0.15, -0.1) is 0 Å². The second kappa shape index (κ2) is 9.83. The zero-order valence-corrected chi connectivity index (χ0v) is 19.8. The summed E-state index contributed by atoms with van der Waals surface area (Å²) in [5.41, 5.74) is 4.74. The van der Waals surface area contributed by atoms with Gasteiger partial charge in [0.05, 0.1) is 23.1 Å². The van der Waals surface area contributed by atoms with Crippen LogP contribution in [0.15, 0.2) is 67.1 Å². The van der Waals surface area contributed by atoms with Crippen LogP contribution in [0.3, 0.4) is 0 Å². The van der Waals surface area contributed by atoms with Crippen molar-refractivity contribution in [3.63, 3.8) is 0 Å². The van der Waals surface area contributed by atoms with E-state index < -0.39 is 0 Å².